The van der Waals surface area contributed by atoms with Gasteiger partial charge in [-0.1, -0.05) is 0 Å². The van der Waals surface area contributed by atoms with Crippen LogP contribution in [0, 0.1) is 0 Å². The Morgan fingerprint density at radius 2 is 1.47 bits per heavy atom. The van der Waals surface area contributed by atoms with Crippen LogP contribution in [-0.2, 0) is 14.8 Å². The zero-order chi connectivity index (χ0) is 24.1. The quantitative estimate of drug-likeness (QED) is 0.574. The van der Waals surface area contributed by atoms with E-state index in [9.17, 15) is 13.2 Å². The van der Waals surface area contributed by atoms with Crippen molar-refractivity contribution in [3.8, 4) is 23.0 Å². The molecule has 0 unspecified atom stereocenters. The van der Waals surface area contributed by atoms with Crippen LogP contribution in [0.25, 0.3) is 0 Å². The Bertz CT molecular complexity index is 1060. The summed E-state index contributed by atoms with van der Waals surface area (Å²) >= 11 is 0. The molecule has 0 aliphatic heterocycles. The first-order valence-electron chi connectivity index (χ1n) is 9.81. The average molecular weight is 467 g/mol. The van der Waals surface area contributed by atoms with Gasteiger partial charge in [0.25, 0.3) is 0 Å². The van der Waals surface area contributed by atoms with Crippen molar-refractivity contribution in [1.82, 2.24) is 5.32 Å². The van der Waals surface area contributed by atoms with Crippen LogP contribution in [0.5, 0.6) is 23.0 Å². The van der Waals surface area contributed by atoms with Crippen LogP contribution in [0.2, 0.25) is 0 Å². The van der Waals surface area contributed by atoms with Crippen molar-refractivity contribution in [2.75, 3.05) is 39.0 Å². The van der Waals surface area contributed by atoms with Gasteiger partial charge in [0.2, 0.25) is 15.9 Å². The largest absolute Gasteiger partial charge is 0.497 e. The van der Waals surface area contributed by atoms with E-state index < -0.39 is 28.0 Å². The van der Waals surface area contributed by atoms with Crippen LogP contribution in [0.15, 0.2) is 36.4 Å². The maximum atomic E-state index is 13.1. The van der Waals surface area contributed by atoms with E-state index in [-0.39, 0.29) is 5.69 Å². The van der Waals surface area contributed by atoms with Crippen molar-refractivity contribution in [2.45, 2.75) is 25.9 Å². The lowest BCUT2D eigenvalue weighted by Gasteiger charge is -2.30. The van der Waals surface area contributed by atoms with Crippen LogP contribution in [-0.4, -0.2) is 55.1 Å². The van der Waals surface area contributed by atoms with Gasteiger partial charge in [0.1, 0.15) is 17.5 Å². The molecule has 0 aliphatic rings. The van der Waals surface area contributed by atoms with Crippen molar-refractivity contribution in [3.05, 3.63) is 42.0 Å². The van der Waals surface area contributed by atoms with Gasteiger partial charge in [0.05, 0.1) is 46.4 Å². The summed E-state index contributed by atoms with van der Waals surface area (Å²) in [5.41, 5.74) is 0.976. The molecule has 0 saturated heterocycles. The predicted octanol–water partition coefficient (Wildman–Crippen LogP) is 2.75. The number of amides is 1. The van der Waals surface area contributed by atoms with Gasteiger partial charge in [-0.15, -0.1) is 0 Å². The number of hydrogen-bond donors (Lipinski definition) is 1. The Balaban J connectivity index is 2.36. The SMILES string of the molecule is COc1ccc(OC)c([C@@H](C)NC(=O)[C@@H](C)N(c2ccc(OC)c(OC)c2)S(C)(=O)=O)c1. The molecule has 32 heavy (non-hydrogen) atoms. The van der Waals surface area contributed by atoms with Gasteiger partial charge >= 0.3 is 0 Å². The molecule has 10 heteroatoms. The standard InChI is InChI=1S/C22H30N2O7S/c1-14(18-13-17(28-3)9-11-19(18)29-4)23-22(25)15(2)24(32(7,26)27)16-8-10-20(30-5)21(12-16)31-6/h8-15H,1-7H3,(H,23,25)/t14-,15-/m1/s1. The second kappa shape index (κ2) is 10.4. The van der Waals surface area contributed by atoms with Crippen LogP contribution >= 0.6 is 0 Å². The third-order valence-electron chi connectivity index (χ3n) is 4.97. The Labute approximate surface area is 189 Å². The number of methoxy groups -OCH3 is 4. The number of anilines is 1. The number of rotatable bonds is 10. The van der Waals surface area contributed by atoms with Gasteiger partial charge < -0.3 is 24.3 Å². The van der Waals surface area contributed by atoms with Gasteiger partial charge in [-0.25, -0.2) is 8.42 Å². The topological polar surface area (TPSA) is 103 Å². The summed E-state index contributed by atoms with van der Waals surface area (Å²) in [6, 6.07) is 8.40. The van der Waals surface area contributed by atoms with E-state index in [0.717, 1.165) is 10.6 Å². The van der Waals surface area contributed by atoms with E-state index in [2.05, 4.69) is 5.32 Å². The molecule has 0 fully saturated rings. The number of carbonyl (C=O) groups excluding carboxylic acids is 1. The zero-order valence-electron chi connectivity index (χ0n) is 19.3. The Morgan fingerprint density at radius 1 is 0.875 bits per heavy atom. The number of carbonyl (C=O) groups is 1. The molecule has 0 saturated carbocycles. The van der Waals surface area contributed by atoms with Crippen molar-refractivity contribution < 1.29 is 32.2 Å². The van der Waals surface area contributed by atoms with Crippen molar-refractivity contribution in [1.29, 1.82) is 0 Å². The molecule has 0 heterocycles. The van der Waals surface area contributed by atoms with Crippen LogP contribution in [0.3, 0.4) is 0 Å². The van der Waals surface area contributed by atoms with E-state index in [0.29, 0.717) is 28.6 Å². The Morgan fingerprint density at radius 3 is 2.00 bits per heavy atom. The minimum Gasteiger partial charge on any atom is -0.497 e. The predicted molar refractivity (Wildman–Crippen MR) is 122 cm³/mol. The minimum atomic E-state index is -3.80. The van der Waals surface area contributed by atoms with Crippen LogP contribution < -0.4 is 28.6 Å². The van der Waals surface area contributed by atoms with E-state index in [4.69, 9.17) is 18.9 Å². The maximum Gasteiger partial charge on any atom is 0.244 e. The molecular weight excluding hydrogens is 436 g/mol. The zero-order valence-corrected chi connectivity index (χ0v) is 20.1. The summed E-state index contributed by atoms with van der Waals surface area (Å²) in [6.07, 6.45) is 1.04. The summed E-state index contributed by atoms with van der Waals surface area (Å²) in [5.74, 6) is 1.49. The highest BCUT2D eigenvalue weighted by Crippen LogP contribution is 2.34. The van der Waals surface area contributed by atoms with E-state index in [1.54, 1.807) is 44.4 Å². The molecule has 2 aromatic carbocycles. The number of nitrogens with one attached hydrogen (secondary N) is 1. The number of sulfonamides is 1. The van der Waals surface area contributed by atoms with Crippen LogP contribution in [0.4, 0.5) is 5.69 Å². The molecule has 1 amide bonds. The van der Waals surface area contributed by atoms with Crippen molar-refractivity contribution >= 4 is 21.6 Å². The van der Waals surface area contributed by atoms with Crippen molar-refractivity contribution in [3.63, 3.8) is 0 Å². The second-order valence-electron chi connectivity index (χ2n) is 7.11. The van der Waals surface area contributed by atoms with E-state index in [1.807, 2.05) is 0 Å². The highest BCUT2D eigenvalue weighted by molar-refractivity contribution is 7.92. The first-order chi connectivity index (χ1) is 15.1. The monoisotopic (exact) mass is 466 g/mol. The van der Waals surface area contributed by atoms with Gasteiger partial charge in [-0.05, 0) is 44.2 Å². The molecular formula is C22H30N2O7S. The molecule has 0 aromatic heterocycles. The lowest BCUT2D eigenvalue weighted by atomic mass is 10.1. The fourth-order valence-corrected chi connectivity index (χ4v) is 4.53. The molecule has 9 nitrogen and oxygen atoms in total. The van der Waals surface area contributed by atoms with Gasteiger partial charge in [0, 0.05) is 11.6 Å². The fourth-order valence-electron chi connectivity index (χ4n) is 3.36. The molecule has 2 aromatic rings. The summed E-state index contributed by atoms with van der Waals surface area (Å²) in [5, 5.41) is 2.86. The average Bonchev–Trinajstić information content (AvgIpc) is 2.77. The lowest BCUT2D eigenvalue weighted by Crippen LogP contribution is -2.48. The van der Waals surface area contributed by atoms with E-state index in [1.165, 1.54) is 34.3 Å². The molecule has 1 N–H and O–H groups in total. The summed E-state index contributed by atoms with van der Waals surface area (Å²) in [6.45, 7) is 3.30. The van der Waals surface area contributed by atoms with Gasteiger partial charge in [-0.2, -0.15) is 0 Å². The molecule has 0 aliphatic carbocycles. The first-order valence-corrected chi connectivity index (χ1v) is 11.7. The summed E-state index contributed by atoms with van der Waals surface area (Å²) < 4.78 is 47.4. The van der Waals surface area contributed by atoms with E-state index >= 15 is 0 Å². The number of benzene rings is 2. The molecule has 0 spiro atoms. The minimum absolute atomic E-state index is 0.277. The lowest BCUT2D eigenvalue weighted by molar-refractivity contribution is -0.122. The Hall–Kier alpha value is -3.14. The third kappa shape index (κ3) is 5.56. The fraction of sp³-hybridized carbons (Fsp3) is 0.409. The van der Waals surface area contributed by atoms with Gasteiger partial charge in [-0.3, -0.25) is 9.10 Å². The smallest absolute Gasteiger partial charge is 0.244 e. The van der Waals surface area contributed by atoms with Gasteiger partial charge in [0.15, 0.2) is 11.5 Å². The molecule has 176 valence electrons. The molecule has 0 bridgehead atoms. The number of hydrogen-bond acceptors (Lipinski definition) is 7. The molecule has 2 rings (SSSR count). The summed E-state index contributed by atoms with van der Waals surface area (Å²) in [4.78, 5) is 13.1. The first kappa shape index (κ1) is 25.1. The molecule has 2 atom stereocenters. The van der Waals surface area contributed by atoms with Crippen molar-refractivity contribution in [2.24, 2.45) is 0 Å². The summed E-state index contributed by atoms with van der Waals surface area (Å²) in [7, 11) is 2.21. The number of ether oxygens (including phenoxy) is 4. The highest BCUT2D eigenvalue weighted by Gasteiger charge is 2.31. The molecule has 0 radical (unpaired) electrons. The third-order valence-corrected chi connectivity index (χ3v) is 6.21. The maximum absolute atomic E-state index is 13.1. The normalized spacial score (nSPS) is 13.0. The highest BCUT2D eigenvalue weighted by atomic mass is 32.2. The number of nitrogens with zero attached hydrogens (tertiary/aromatic N) is 1. The second-order valence-corrected chi connectivity index (χ2v) is 8.97. The Kier molecular flexibility index (Phi) is 8.20. The van der Waals surface area contributed by atoms with Crippen LogP contribution in [0.1, 0.15) is 25.5 Å².